The minimum atomic E-state index is -1.56. The van der Waals surface area contributed by atoms with Crippen molar-refractivity contribution in [3.63, 3.8) is 0 Å². The van der Waals surface area contributed by atoms with Crippen molar-refractivity contribution in [2.75, 3.05) is 33.4 Å². The van der Waals surface area contributed by atoms with Crippen molar-refractivity contribution in [1.82, 2.24) is 14.7 Å². The molecule has 0 spiro atoms. The maximum atomic E-state index is 12.5. The van der Waals surface area contributed by atoms with Crippen molar-refractivity contribution in [2.45, 2.75) is 69.3 Å². The molecule has 0 aromatic heterocycles. The van der Waals surface area contributed by atoms with Gasteiger partial charge in [-0.2, -0.15) is 0 Å². The van der Waals surface area contributed by atoms with E-state index in [9.17, 15) is 24.3 Å². The minimum Gasteiger partial charge on any atom is -0.464 e. The highest BCUT2D eigenvalue weighted by Crippen LogP contribution is 2.40. The minimum absolute atomic E-state index is 0.0838. The summed E-state index contributed by atoms with van der Waals surface area (Å²) in [6, 6.07) is -1.40. The number of amides is 4. The standard InChI is InChI=1S/C22H31N3O9/c1-23-20(28)24(6-8-31-18(26)12-2-4-14-16(10-12)33-14)22(30)25(21(23)29)7-9-32-19(27)13-3-5-15-17(11-13)34-15/h12-17,22,30H,2-11H2,1H3. The van der Waals surface area contributed by atoms with E-state index in [1.165, 1.54) is 7.05 Å². The molecule has 0 bridgehead atoms. The number of aliphatic hydroxyl groups excluding tert-OH is 1. The molecule has 188 valence electrons. The van der Waals surface area contributed by atoms with Crippen molar-refractivity contribution < 1.29 is 43.2 Å². The zero-order valence-corrected chi connectivity index (χ0v) is 19.2. The summed E-state index contributed by atoms with van der Waals surface area (Å²) < 4.78 is 21.5. The molecule has 12 nitrogen and oxygen atoms in total. The number of rotatable bonds is 8. The van der Waals surface area contributed by atoms with E-state index in [1.54, 1.807) is 0 Å². The molecule has 0 aromatic carbocycles. The van der Waals surface area contributed by atoms with E-state index in [1.807, 2.05) is 0 Å². The van der Waals surface area contributed by atoms with E-state index < -0.39 is 18.4 Å². The summed E-state index contributed by atoms with van der Waals surface area (Å²) in [5.41, 5.74) is 0. The molecule has 3 heterocycles. The first-order chi connectivity index (χ1) is 16.3. The molecule has 3 saturated heterocycles. The molecular weight excluding hydrogens is 450 g/mol. The number of carbonyl (C=O) groups is 4. The lowest BCUT2D eigenvalue weighted by atomic mass is 9.89. The summed E-state index contributed by atoms with van der Waals surface area (Å²) in [4.78, 5) is 52.7. The van der Waals surface area contributed by atoms with Gasteiger partial charge in [-0.1, -0.05) is 0 Å². The number of imide groups is 1. The summed E-state index contributed by atoms with van der Waals surface area (Å²) in [6.07, 6.45) is 3.71. The largest absolute Gasteiger partial charge is 0.464 e. The second-order valence-corrected chi connectivity index (χ2v) is 9.64. The van der Waals surface area contributed by atoms with Gasteiger partial charge in [0.15, 0.2) is 0 Å². The first-order valence-electron chi connectivity index (χ1n) is 12.0. The number of ether oxygens (including phenoxy) is 4. The number of esters is 2. The van der Waals surface area contributed by atoms with Crippen LogP contribution < -0.4 is 0 Å². The maximum absolute atomic E-state index is 12.5. The van der Waals surface area contributed by atoms with E-state index in [2.05, 4.69) is 0 Å². The van der Waals surface area contributed by atoms with Gasteiger partial charge in [0.2, 0.25) is 6.35 Å². The molecule has 12 heteroatoms. The Bertz CT molecular complexity index is 787. The molecule has 5 fully saturated rings. The normalized spacial score (nSPS) is 36.5. The first-order valence-corrected chi connectivity index (χ1v) is 12.0. The molecule has 6 atom stereocenters. The first kappa shape index (κ1) is 23.3. The molecule has 5 aliphatic rings. The fourth-order valence-corrected chi connectivity index (χ4v) is 5.22. The second kappa shape index (κ2) is 9.31. The highest BCUT2D eigenvalue weighted by molar-refractivity contribution is 5.95. The third-order valence-electron chi connectivity index (χ3n) is 7.45. The van der Waals surface area contributed by atoms with Crippen LogP contribution in [0.5, 0.6) is 0 Å². The van der Waals surface area contributed by atoms with Crippen LogP contribution >= 0.6 is 0 Å². The van der Waals surface area contributed by atoms with Crippen LogP contribution in [-0.4, -0.2) is 108 Å². The van der Waals surface area contributed by atoms with E-state index in [4.69, 9.17) is 18.9 Å². The van der Waals surface area contributed by atoms with Crippen LogP contribution in [-0.2, 0) is 28.5 Å². The Morgan fingerprint density at radius 2 is 1.26 bits per heavy atom. The van der Waals surface area contributed by atoms with Gasteiger partial charge < -0.3 is 24.1 Å². The quantitative estimate of drug-likeness (QED) is 0.382. The predicted octanol–water partition coefficient (Wildman–Crippen LogP) is 0.273. The molecule has 5 rings (SSSR count). The molecule has 34 heavy (non-hydrogen) atoms. The van der Waals surface area contributed by atoms with E-state index in [-0.39, 0.29) is 74.5 Å². The molecule has 0 aromatic rings. The van der Waals surface area contributed by atoms with Gasteiger partial charge in [-0.15, -0.1) is 0 Å². The number of aliphatic hydroxyl groups is 1. The molecule has 6 unspecified atom stereocenters. The van der Waals surface area contributed by atoms with Crippen LogP contribution in [0.25, 0.3) is 0 Å². The molecular formula is C22H31N3O9. The van der Waals surface area contributed by atoms with Gasteiger partial charge in [0.1, 0.15) is 13.2 Å². The zero-order chi connectivity index (χ0) is 24.0. The number of epoxide rings is 2. The van der Waals surface area contributed by atoms with Gasteiger partial charge in [0.05, 0.1) is 49.3 Å². The van der Waals surface area contributed by atoms with Gasteiger partial charge in [-0.3, -0.25) is 19.4 Å². The van der Waals surface area contributed by atoms with Gasteiger partial charge in [0.25, 0.3) is 0 Å². The smallest absolute Gasteiger partial charge is 0.331 e. The lowest BCUT2D eigenvalue weighted by molar-refractivity contribution is -0.153. The molecule has 2 aliphatic carbocycles. The Labute approximate surface area is 197 Å². The van der Waals surface area contributed by atoms with Crippen LogP contribution in [0.1, 0.15) is 38.5 Å². The van der Waals surface area contributed by atoms with Gasteiger partial charge in [-0.05, 0) is 38.5 Å². The van der Waals surface area contributed by atoms with E-state index in [0.29, 0.717) is 25.7 Å². The predicted molar refractivity (Wildman–Crippen MR) is 112 cm³/mol. The molecule has 2 saturated carbocycles. The monoisotopic (exact) mass is 481 g/mol. The summed E-state index contributed by atoms with van der Waals surface area (Å²) in [5.74, 6) is -1.12. The summed E-state index contributed by atoms with van der Waals surface area (Å²) in [5, 5.41) is 10.7. The highest BCUT2D eigenvalue weighted by atomic mass is 16.6. The average Bonchev–Trinajstić information content (AvgIpc) is 3.75. The summed E-state index contributed by atoms with van der Waals surface area (Å²) >= 11 is 0. The van der Waals surface area contributed by atoms with Crippen molar-refractivity contribution in [2.24, 2.45) is 11.8 Å². The number of fused-ring (bicyclic) bond motifs is 2. The molecule has 3 aliphatic heterocycles. The topological polar surface area (TPSA) is 142 Å². The van der Waals surface area contributed by atoms with Crippen LogP contribution in [0.3, 0.4) is 0 Å². The zero-order valence-electron chi connectivity index (χ0n) is 19.2. The number of carbonyl (C=O) groups excluding carboxylic acids is 4. The Morgan fingerprint density at radius 1 is 0.824 bits per heavy atom. The van der Waals surface area contributed by atoms with Crippen LogP contribution in [0, 0.1) is 11.8 Å². The molecule has 0 radical (unpaired) electrons. The Hall–Kier alpha value is -2.44. The van der Waals surface area contributed by atoms with Gasteiger partial charge >= 0.3 is 24.0 Å². The molecule has 1 N–H and O–H groups in total. The number of nitrogens with zero attached hydrogens (tertiary/aromatic N) is 3. The Balaban J connectivity index is 1.08. The Kier molecular flexibility index (Phi) is 6.38. The molecule has 4 amide bonds. The summed E-state index contributed by atoms with van der Waals surface area (Å²) in [6.45, 7) is -0.382. The van der Waals surface area contributed by atoms with Gasteiger partial charge in [-0.25, -0.2) is 14.5 Å². The lowest BCUT2D eigenvalue weighted by Gasteiger charge is -2.43. The lowest BCUT2D eigenvalue weighted by Crippen LogP contribution is -2.66. The van der Waals surface area contributed by atoms with E-state index in [0.717, 1.165) is 27.5 Å². The number of hydrogen-bond donors (Lipinski definition) is 1. The van der Waals surface area contributed by atoms with Crippen molar-refractivity contribution in [3.8, 4) is 0 Å². The number of urea groups is 2. The third-order valence-corrected chi connectivity index (χ3v) is 7.45. The van der Waals surface area contributed by atoms with Crippen LogP contribution in [0.4, 0.5) is 9.59 Å². The van der Waals surface area contributed by atoms with Crippen molar-refractivity contribution in [3.05, 3.63) is 0 Å². The summed E-state index contributed by atoms with van der Waals surface area (Å²) in [7, 11) is 1.30. The van der Waals surface area contributed by atoms with Crippen molar-refractivity contribution >= 4 is 24.0 Å². The van der Waals surface area contributed by atoms with Crippen LogP contribution in [0.15, 0.2) is 0 Å². The average molecular weight is 482 g/mol. The van der Waals surface area contributed by atoms with Crippen LogP contribution in [0.2, 0.25) is 0 Å². The fourth-order valence-electron chi connectivity index (χ4n) is 5.22. The van der Waals surface area contributed by atoms with E-state index >= 15 is 0 Å². The third kappa shape index (κ3) is 4.71. The fraction of sp³-hybridized carbons (Fsp3) is 0.818. The highest BCUT2D eigenvalue weighted by Gasteiger charge is 2.47. The Morgan fingerprint density at radius 3 is 1.68 bits per heavy atom. The van der Waals surface area contributed by atoms with Gasteiger partial charge in [0, 0.05) is 7.05 Å². The maximum Gasteiger partial charge on any atom is 0.331 e. The SMILES string of the molecule is CN1C(=O)N(CCOC(=O)C2CCC3OC3C2)C(O)N(CCOC(=O)C2CCC3OC3C2)C1=O. The number of hydrogen-bond acceptors (Lipinski definition) is 9. The van der Waals surface area contributed by atoms with Crippen molar-refractivity contribution in [1.29, 1.82) is 0 Å². The second-order valence-electron chi connectivity index (χ2n) is 9.64.